The summed E-state index contributed by atoms with van der Waals surface area (Å²) in [7, 11) is 1.56. The van der Waals surface area contributed by atoms with Gasteiger partial charge in [-0.2, -0.15) is 0 Å². The Balaban J connectivity index is 1.74. The number of thioether (sulfide) groups is 1. The first-order chi connectivity index (χ1) is 18.1. The summed E-state index contributed by atoms with van der Waals surface area (Å²) >= 11 is 1.17. The van der Waals surface area contributed by atoms with Crippen molar-refractivity contribution in [3.8, 4) is 5.75 Å². The fraction of sp³-hybridized carbons (Fsp3) is 0.308. The topological polar surface area (TPSA) is 141 Å². The SMILES string of the molecule is C=CCn1c(SCC(=O)Nc2ccc(C)c([N+](=O)[O-])c2)nnc1[C@@H](NC(=O)c1ccc(OC)cc1)C(C)C. The molecule has 0 aliphatic rings. The number of amides is 2. The maximum Gasteiger partial charge on any atom is 0.274 e. The number of allylic oxidation sites excluding steroid dienone is 1. The van der Waals surface area contributed by atoms with Crippen LogP contribution in [0, 0.1) is 23.0 Å². The van der Waals surface area contributed by atoms with Crippen LogP contribution < -0.4 is 15.4 Å². The molecule has 200 valence electrons. The van der Waals surface area contributed by atoms with Crippen molar-refractivity contribution in [3.05, 3.63) is 82.2 Å². The van der Waals surface area contributed by atoms with Gasteiger partial charge in [-0.3, -0.25) is 19.7 Å². The lowest BCUT2D eigenvalue weighted by molar-refractivity contribution is -0.385. The minimum atomic E-state index is -0.488. The molecular formula is C26H30N6O5S. The number of benzene rings is 2. The van der Waals surface area contributed by atoms with E-state index in [1.165, 1.54) is 17.8 Å². The standard InChI is InChI=1S/C26H30N6O5S/c1-6-13-31-24(23(16(2)3)28-25(34)18-8-11-20(37-5)12-9-18)29-30-26(31)38-15-22(33)27-19-10-7-17(4)21(14-19)32(35)36/h6-12,14,16,23H,1,13,15H2,2-5H3,(H,27,33)(H,28,34)/t23-/m0/s1. The number of carbonyl (C=O) groups excluding carboxylic acids is 2. The van der Waals surface area contributed by atoms with Crippen LogP contribution in [-0.4, -0.2) is 44.4 Å². The number of hydrogen-bond acceptors (Lipinski definition) is 8. The van der Waals surface area contributed by atoms with Crippen molar-refractivity contribution >= 4 is 35.0 Å². The number of nitrogens with zero attached hydrogens (tertiary/aromatic N) is 4. The molecule has 0 bridgehead atoms. The monoisotopic (exact) mass is 538 g/mol. The summed E-state index contributed by atoms with van der Waals surface area (Å²) in [5.41, 5.74) is 1.25. The van der Waals surface area contributed by atoms with E-state index >= 15 is 0 Å². The Morgan fingerprint density at radius 3 is 2.53 bits per heavy atom. The molecule has 2 N–H and O–H groups in total. The number of nitro groups is 1. The second-order valence-corrected chi connectivity index (χ2v) is 9.70. The minimum absolute atomic E-state index is 0.00149. The third kappa shape index (κ3) is 6.97. The van der Waals surface area contributed by atoms with Crippen molar-refractivity contribution in [2.75, 3.05) is 18.2 Å². The summed E-state index contributed by atoms with van der Waals surface area (Å²) in [5.74, 6) is 0.569. The van der Waals surface area contributed by atoms with Crippen molar-refractivity contribution in [1.82, 2.24) is 20.1 Å². The lowest BCUT2D eigenvalue weighted by Crippen LogP contribution is -2.33. The van der Waals surface area contributed by atoms with Crippen LogP contribution in [0.15, 0.2) is 60.3 Å². The number of carbonyl (C=O) groups is 2. The predicted molar refractivity (Wildman–Crippen MR) is 145 cm³/mol. The summed E-state index contributed by atoms with van der Waals surface area (Å²) in [6.45, 7) is 9.74. The molecule has 3 rings (SSSR count). The van der Waals surface area contributed by atoms with Crippen LogP contribution in [0.3, 0.4) is 0 Å². The van der Waals surface area contributed by atoms with Crippen LogP contribution in [0.4, 0.5) is 11.4 Å². The number of ether oxygens (including phenoxy) is 1. The number of rotatable bonds is 12. The highest BCUT2D eigenvalue weighted by atomic mass is 32.2. The number of anilines is 1. The highest BCUT2D eigenvalue weighted by molar-refractivity contribution is 7.99. The van der Waals surface area contributed by atoms with Crippen LogP contribution >= 0.6 is 11.8 Å². The van der Waals surface area contributed by atoms with Gasteiger partial charge in [-0.25, -0.2) is 0 Å². The first-order valence-electron chi connectivity index (χ1n) is 11.8. The van der Waals surface area contributed by atoms with E-state index in [1.54, 1.807) is 61.1 Å². The molecule has 0 fully saturated rings. The molecule has 0 saturated heterocycles. The summed E-state index contributed by atoms with van der Waals surface area (Å²) in [4.78, 5) is 36.2. The summed E-state index contributed by atoms with van der Waals surface area (Å²) < 4.78 is 6.96. The van der Waals surface area contributed by atoms with Crippen LogP contribution in [0.1, 0.15) is 41.6 Å². The lowest BCUT2D eigenvalue weighted by Gasteiger charge is -2.22. The van der Waals surface area contributed by atoms with Crippen molar-refractivity contribution in [1.29, 1.82) is 0 Å². The fourth-order valence-electron chi connectivity index (χ4n) is 3.64. The van der Waals surface area contributed by atoms with Crippen LogP contribution in [0.5, 0.6) is 5.75 Å². The second-order valence-electron chi connectivity index (χ2n) is 8.76. The second kappa shape index (κ2) is 12.9. The van der Waals surface area contributed by atoms with Gasteiger partial charge < -0.3 is 19.9 Å². The average molecular weight is 539 g/mol. The van der Waals surface area contributed by atoms with Gasteiger partial charge in [-0.1, -0.05) is 37.8 Å². The van der Waals surface area contributed by atoms with E-state index in [9.17, 15) is 19.7 Å². The average Bonchev–Trinajstić information content (AvgIpc) is 3.28. The molecule has 11 nitrogen and oxygen atoms in total. The Bertz CT molecular complexity index is 1320. The first kappa shape index (κ1) is 28.4. The van der Waals surface area contributed by atoms with Crippen LogP contribution in [0.2, 0.25) is 0 Å². The Labute approximate surface area is 224 Å². The van der Waals surface area contributed by atoms with Crippen molar-refractivity contribution in [2.24, 2.45) is 5.92 Å². The van der Waals surface area contributed by atoms with Crippen molar-refractivity contribution in [3.63, 3.8) is 0 Å². The maximum atomic E-state index is 13.0. The van der Waals surface area contributed by atoms with Crippen molar-refractivity contribution < 1.29 is 19.2 Å². The molecule has 0 radical (unpaired) electrons. The minimum Gasteiger partial charge on any atom is -0.497 e. The zero-order valence-corrected chi connectivity index (χ0v) is 22.4. The Morgan fingerprint density at radius 2 is 1.92 bits per heavy atom. The van der Waals surface area contributed by atoms with Gasteiger partial charge in [0.15, 0.2) is 11.0 Å². The van der Waals surface area contributed by atoms with E-state index in [0.29, 0.717) is 40.1 Å². The molecule has 12 heteroatoms. The van der Waals surface area contributed by atoms with Gasteiger partial charge in [-0.05, 0) is 43.2 Å². The molecule has 1 heterocycles. The fourth-order valence-corrected chi connectivity index (χ4v) is 4.40. The summed E-state index contributed by atoms with van der Waals surface area (Å²) in [6, 6.07) is 10.9. The van der Waals surface area contributed by atoms with Gasteiger partial charge in [-0.15, -0.1) is 16.8 Å². The number of methoxy groups -OCH3 is 1. The van der Waals surface area contributed by atoms with Gasteiger partial charge in [0, 0.05) is 29.4 Å². The molecule has 2 aromatic carbocycles. The Hall–Kier alpha value is -4.19. The van der Waals surface area contributed by atoms with Gasteiger partial charge >= 0.3 is 0 Å². The number of nitrogens with one attached hydrogen (secondary N) is 2. The molecule has 2 amide bonds. The third-order valence-electron chi connectivity index (χ3n) is 5.66. The molecule has 0 saturated carbocycles. The first-order valence-corrected chi connectivity index (χ1v) is 12.8. The van der Waals surface area contributed by atoms with E-state index in [4.69, 9.17) is 4.74 Å². The molecule has 0 unspecified atom stereocenters. The molecular weight excluding hydrogens is 508 g/mol. The summed E-state index contributed by atoms with van der Waals surface area (Å²) in [5, 5.41) is 26.0. The van der Waals surface area contributed by atoms with E-state index in [1.807, 2.05) is 13.8 Å². The lowest BCUT2D eigenvalue weighted by atomic mass is 10.0. The van der Waals surface area contributed by atoms with Gasteiger partial charge in [0.05, 0.1) is 23.8 Å². The molecule has 0 aliphatic carbocycles. The number of aryl methyl sites for hydroxylation is 1. The predicted octanol–water partition coefficient (Wildman–Crippen LogP) is 4.55. The third-order valence-corrected chi connectivity index (χ3v) is 6.63. The zero-order valence-electron chi connectivity index (χ0n) is 21.6. The highest BCUT2D eigenvalue weighted by Gasteiger charge is 2.26. The van der Waals surface area contributed by atoms with Gasteiger partial charge in [0.1, 0.15) is 5.75 Å². The Morgan fingerprint density at radius 1 is 1.21 bits per heavy atom. The number of hydrogen-bond donors (Lipinski definition) is 2. The Kier molecular flexibility index (Phi) is 9.61. The molecule has 0 aliphatic heterocycles. The van der Waals surface area contributed by atoms with E-state index in [0.717, 1.165) is 0 Å². The largest absolute Gasteiger partial charge is 0.497 e. The number of nitro benzene ring substituents is 1. The van der Waals surface area contributed by atoms with Crippen LogP contribution in [0.25, 0.3) is 0 Å². The summed E-state index contributed by atoms with van der Waals surface area (Å²) in [6.07, 6.45) is 1.69. The molecule has 38 heavy (non-hydrogen) atoms. The van der Waals surface area contributed by atoms with E-state index in [2.05, 4.69) is 27.4 Å². The molecule has 1 aromatic heterocycles. The quantitative estimate of drug-likeness (QED) is 0.148. The normalized spacial score (nSPS) is 11.6. The smallest absolute Gasteiger partial charge is 0.274 e. The molecule has 1 atom stereocenters. The van der Waals surface area contributed by atoms with E-state index in [-0.39, 0.29) is 29.2 Å². The van der Waals surface area contributed by atoms with Gasteiger partial charge in [0.2, 0.25) is 5.91 Å². The van der Waals surface area contributed by atoms with E-state index < -0.39 is 11.0 Å². The molecule has 3 aromatic rings. The number of aromatic nitrogens is 3. The van der Waals surface area contributed by atoms with Gasteiger partial charge in [0.25, 0.3) is 11.6 Å². The highest BCUT2D eigenvalue weighted by Crippen LogP contribution is 2.27. The maximum absolute atomic E-state index is 13.0. The van der Waals surface area contributed by atoms with Crippen LogP contribution in [-0.2, 0) is 11.3 Å². The zero-order chi connectivity index (χ0) is 27.8. The molecule has 0 spiro atoms. The van der Waals surface area contributed by atoms with Crippen molar-refractivity contribution in [2.45, 2.75) is 38.5 Å².